The van der Waals surface area contributed by atoms with Crippen molar-refractivity contribution in [3.8, 4) is 44.5 Å². The van der Waals surface area contributed by atoms with Gasteiger partial charge in [0.15, 0.2) is 0 Å². The highest BCUT2D eigenvalue weighted by atomic mass is 32.1. The lowest BCUT2D eigenvalue weighted by atomic mass is 9.81. The average molecular weight is 679 g/mol. The summed E-state index contributed by atoms with van der Waals surface area (Å²) in [6, 6.07) is 63.5. The first-order valence-electron chi connectivity index (χ1n) is 18.2. The Morgan fingerprint density at radius 2 is 0.923 bits per heavy atom. The van der Waals surface area contributed by atoms with Crippen LogP contribution in [0, 0.1) is 0 Å². The van der Waals surface area contributed by atoms with Crippen LogP contribution < -0.4 is 0 Å². The van der Waals surface area contributed by atoms with Crippen molar-refractivity contribution in [1.29, 1.82) is 0 Å². The molecular formula is C51H34S. The van der Waals surface area contributed by atoms with Crippen LogP contribution in [0.15, 0.2) is 170 Å². The summed E-state index contributed by atoms with van der Waals surface area (Å²) >= 11 is 1.91. The predicted octanol–water partition coefficient (Wildman–Crippen LogP) is 14.8. The summed E-state index contributed by atoms with van der Waals surface area (Å²) in [6.07, 6.45) is 0. The van der Waals surface area contributed by atoms with Crippen LogP contribution in [0.4, 0.5) is 0 Å². The van der Waals surface area contributed by atoms with Crippen molar-refractivity contribution in [2.45, 2.75) is 19.3 Å². The van der Waals surface area contributed by atoms with Gasteiger partial charge in [-0.15, -0.1) is 11.3 Å². The van der Waals surface area contributed by atoms with E-state index in [0.29, 0.717) is 0 Å². The van der Waals surface area contributed by atoms with Gasteiger partial charge < -0.3 is 0 Å². The Kier molecular flexibility index (Phi) is 6.27. The zero-order chi connectivity index (χ0) is 34.6. The maximum atomic E-state index is 2.50. The summed E-state index contributed by atoms with van der Waals surface area (Å²) in [7, 11) is 0. The fourth-order valence-electron chi connectivity index (χ4n) is 9.19. The molecule has 52 heavy (non-hydrogen) atoms. The third kappa shape index (κ3) is 4.21. The topological polar surface area (TPSA) is 0 Å². The molecule has 0 saturated heterocycles. The number of hydrogen-bond acceptors (Lipinski definition) is 1. The number of fused-ring (bicyclic) bond motifs is 10. The Labute approximate surface area is 307 Å². The number of rotatable bonds is 3. The summed E-state index contributed by atoms with van der Waals surface area (Å²) in [6.45, 7) is 4.78. The minimum Gasteiger partial charge on any atom is -0.135 e. The third-order valence-electron chi connectivity index (χ3n) is 11.6. The summed E-state index contributed by atoms with van der Waals surface area (Å²) in [5, 5.41) is 10.4. The molecule has 9 aromatic carbocycles. The van der Waals surface area contributed by atoms with Crippen molar-refractivity contribution in [3.63, 3.8) is 0 Å². The Balaban J connectivity index is 1.15. The molecule has 0 nitrogen and oxygen atoms in total. The quantitative estimate of drug-likeness (QED) is 0.163. The van der Waals surface area contributed by atoms with E-state index in [9.17, 15) is 0 Å². The number of hydrogen-bond donors (Lipinski definition) is 0. The maximum Gasteiger partial charge on any atom is 0.0361 e. The summed E-state index contributed by atoms with van der Waals surface area (Å²) in [5.41, 5.74) is 13.1. The summed E-state index contributed by atoms with van der Waals surface area (Å²) < 4.78 is 2.71. The number of benzene rings is 9. The van der Waals surface area contributed by atoms with Gasteiger partial charge in [-0.25, -0.2) is 0 Å². The molecule has 1 heterocycles. The first-order chi connectivity index (χ1) is 25.5. The molecule has 0 N–H and O–H groups in total. The molecule has 11 rings (SSSR count). The van der Waals surface area contributed by atoms with Crippen LogP contribution in [0.1, 0.15) is 25.0 Å². The Morgan fingerprint density at radius 3 is 1.65 bits per heavy atom. The smallest absolute Gasteiger partial charge is 0.0361 e. The van der Waals surface area contributed by atoms with Gasteiger partial charge in [0.1, 0.15) is 0 Å². The minimum atomic E-state index is -0.0789. The second-order valence-electron chi connectivity index (χ2n) is 14.8. The van der Waals surface area contributed by atoms with Gasteiger partial charge in [-0.05, 0) is 118 Å². The molecule has 0 bridgehead atoms. The SMILES string of the molecule is CC1(C)c2ccc(-c3c4ccccc4c(-c4cccc(-c5ccc6ccccc6c5)c4)c4ccccc34)cc2-c2c1ccc1sc3ccccc3c21. The van der Waals surface area contributed by atoms with Crippen molar-refractivity contribution < 1.29 is 0 Å². The first-order valence-corrected chi connectivity index (χ1v) is 19.0. The standard InChI is InChI=1S/C51H34S/c1-51(2)43-25-24-36(30-42(43)49-44(51)26-27-46-50(49)41-20-9-10-21-45(41)52-46)48-39-18-7-5-16-37(39)47(38-17-6-8-19-40(38)48)35-15-11-14-33(29-35)34-23-22-31-12-3-4-13-32(31)28-34/h3-30H,1-2H3. The lowest BCUT2D eigenvalue weighted by Gasteiger charge is -2.22. The van der Waals surface area contributed by atoms with E-state index in [1.165, 1.54) is 108 Å². The average Bonchev–Trinajstić information content (AvgIpc) is 3.68. The molecule has 0 saturated carbocycles. The predicted molar refractivity (Wildman–Crippen MR) is 226 cm³/mol. The minimum absolute atomic E-state index is 0.0789. The largest absolute Gasteiger partial charge is 0.135 e. The van der Waals surface area contributed by atoms with Gasteiger partial charge in [0.25, 0.3) is 0 Å². The van der Waals surface area contributed by atoms with Gasteiger partial charge in [-0.1, -0.05) is 153 Å². The van der Waals surface area contributed by atoms with Crippen molar-refractivity contribution in [3.05, 3.63) is 181 Å². The molecule has 1 aromatic heterocycles. The van der Waals surface area contributed by atoms with E-state index in [1.54, 1.807) is 0 Å². The number of thiophene rings is 1. The molecule has 10 aromatic rings. The van der Waals surface area contributed by atoms with Crippen LogP contribution in [0.3, 0.4) is 0 Å². The third-order valence-corrected chi connectivity index (χ3v) is 12.8. The highest BCUT2D eigenvalue weighted by Gasteiger charge is 2.37. The molecule has 1 aliphatic rings. The summed E-state index contributed by atoms with van der Waals surface area (Å²) in [4.78, 5) is 0. The van der Waals surface area contributed by atoms with Gasteiger partial charge in [0.05, 0.1) is 0 Å². The Bertz CT molecular complexity index is 3040. The molecule has 0 spiro atoms. The van der Waals surface area contributed by atoms with Gasteiger partial charge in [0, 0.05) is 25.6 Å². The fourth-order valence-corrected chi connectivity index (χ4v) is 10.3. The van der Waals surface area contributed by atoms with E-state index in [0.717, 1.165) is 0 Å². The van der Waals surface area contributed by atoms with Gasteiger partial charge >= 0.3 is 0 Å². The van der Waals surface area contributed by atoms with Crippen LogP contribution in [-0.2, 0) is 5.41 Å². The van der Waals surface area contributed by atoms with Crippen molar-refractivity contribution in [2.75, 3.05) is 0 Å². The molecule has 0 aliphatic heterocycles. The summed E-state index contributed by atoms with van der Waals surface area (Å²) in [5.74, 6) is 0. The van der Waals surface area contributed by atoms with E-state index in [4.69, 9.17) is 0 Å². The van der Waals surface area contributed by atoms with Gasteiger partial charge in [0.2, 0.25) is 0 Å². The van der Waals surface area contributed by atoms with Crippen LogP contribution in [0.5, 0.6) is 0 Å². The van der Waals surface area contributed by atoms with E-state index in [2.05, 4.69) is 184 Å². The van der Waals surface area contributed by atoms with Crippen molar-refractivity contribution in [2.24, 2.45) is 0 Å². The van der Waals surface area contributed by atoms with Gasteiger partial charge in [-0.3, -0.25) is 0 Å². The van der Waals surface area contributed by atoms with E-state index in [1.807, 2.05) is 11.3 Å². The van der Waals surface area contributed by atoms with Crippen LogP contribution in [0.25, 0.3) is 97.0 Å². The Hall–Kier alpha value is -6.02. The van der Waals surface area contributed by atoms with Crippen LogP contribution in [0.2, 0.25) is 0 Å². The van der Waals surface area contributed by atoms with Crippen LogP contribution >= 0.6 is 11.3 Å². The molecule has 1 aliphatic carbocycles. The maximum absolute atomic E-state index is 2.50. The lowest BCUT2D eigenvalue weighted by Crippen LogP contribution is -2.14. The Morgan fingerprint density at radius 1 is 0.365 bits per heavy atom. The monoisotopic (exact) mass is 678 g/mol. The molecular weight excluding hydrogens is 645 g/mol. The first kappa shape index (κ1) is 29.7. The highest BCUT2D eigenvalue weighted by Crippen LogP contribution is 2.55. The molecule has 0 unspecified atom stereocenters. The lowest BCUT2D eigenvalue weighted by molar-refractivity contribution is 0.661. The molecule has 0 amide bonds. The second kappa shape index (κ2) is 11.0. The van der Waals surface area contributed by atoms with E-state index >= 15 is 0 Å². The molecule has 0 fully saturated rings. The van der Waals surface area contributed by atoms with Crippen molar-refractivity contribution >= 4 is 63.8 Å². The molecule has 1 heteroatoms. The van der Waals surface area contributed by atoms with Crippen LogP contribution in [-0.4, -0.2) is 0 Å². The normalized spacial score (nSPS) is 13.3. The molecule has 0 atom stereocenters. The highest BCUT2D eigenvalue weighted by molar-refractivity contribution is 7.26. The molecule has 244 valence electrons. The van der Waals surface area contributed by atoms with E-state index < -0.39 is 0 Å². The zero-order valence-corrected chi connectivity index (χ0v) is 29.9. The zero-order valence-electron chi connectivity index (χ0n) is 29.1. The fraction of sp³-hybridized carbons (Fsp3) is 0.0588. The van der Waals surface area contributed by atoms with E-state index in [-0.39, 0.29) is 5.41 Å². The van der Waals surface area contributed by atoms with Gasteiger partial charge in [-0.2, -0.15) is 0 Å². The second-order valence-corrected chi connectivity index (χ2v) is 15.9. The van der Waals surface area contributed by atoms with Crippen molar-refractivity contribution in [1.82, 2.24) is 0 Å². The molecule has 0 radical (unpaired) electrons.